The summed E-state index contributed by atoms with van der Waals surface area (Å²) in [6.07, 6.45) is 3.27. The van der Waals surface area contributed by atoms with Crippen molar-refractivity contribution in [3.05, 3.63) is 99.1 Å². The standard InChI is InChI=1S/C22H16Cl3N3O3/c23-15-2-1-3-17(9-15)30-13-18-5-7-21(31-18)22(29)27-16-10-26-28(12-16)11-14-4-6-19(24)20(25)8-14/h1-10,12H,11,13H2,(H,27,29). The number of benzene rings is 2. The second-order valence-corrected chi connectivity index (χ2v) is 7.89. The molecule has 1 amide bonds. The number of rotatable bonds is 7. The average Bonchev–Trinajstić information content (AvgIpc) is 3.39. The van der Waals surface area contributed by atoms with E-state index >= 15 is 0 Å². The van der Waals surface area contributed by atoms with Crippen molar-refractivity contribution in [3.63, 3.8) is 0 Å². The number of ether oxygens (including phenoxy) is 1. The van der Waals surface area contributed by atoms with Crippen LogP contribution >= 0.6 is 34.8 Å². The number of nitrogens with one attached hydrogen (secondary N) is 1. The van der Waals surface area contributed by atoms with E-state index < -0.39 is 0 Å². The highest BCUT2D eigenvalue weighted by Crippen LogP contribution is 2.23. The van der Waals surface area contributed by atoms with Crippen LogP contribution in [0.25, 0.3) is 0 Å². The third kappa shape index (κ3) is 5.61. The van der Waals surface area contributed by atoms with Gasteiger partial charge in [0.25, 0.3) is 5.91 Å². The second kappa shape index (κ2) is 9.47. The Kier molecular flexibility index (Phi) is 6.51. The summed E-state index contributed by atoms with van der Waals surface area (Å²) in [7, 11) is 0. The van der Waals surface area contributed by atoms with Crippen LogP contribution in [0.4, 0.5) is 5.69 Å². The SMILES string of the molecule is O=C(Nc1cnn(Cc2ccc(Cl)c(Cl)c2)c1)c1ccc(COc2cccc(Cl)c2)o1. The summed E-state index contributed by atoms with van der Waals surface area (Å²) in [4.78, 5) is 12.5. The lowest BCUT2D eigenvalue weighted by molar-refractivity contribution is 0.0992. The molecular formula is C22H16Cl3N3O3. The number of carbonyl (C=O) groups is 1. The van der Waals surface area contributed by atoms with Crippen molar-refractivity contribution in [1.29, 1.82) is 0 Å². The van der Waals surface area contributed by atoms with Crippen LogP contribution < -0.4 is 10.1 Å². The van der Waals surface area contributed by atoms with E-state index in [-0.39, 0.29) is 18.3 Å². The quantitative estimate of drug-likeness (QED) is 0.339. The first-order valence-corrected chi connectivity index (χ1v) is 10.3. The van der Waals surface area contributed by atoms with E-state index in [0.717, 1.165) is 5.56 Å². The fraction of sp³-hybridized carbons (Fsp3) is 0.0909. The Morgan fingerprint density at radius 1 is 1.06 bits per heavy atom. The predicted molar refractivity (Wildman–Crippen MR) is 120 cm³/mol. The van der Waals surface area contributed by atoms with Gasteiger partial charge in [-0.3, -0.25) is 9.48 Å². The first-order chi connectivity index (χ1) is 15.0. The average molecular weight is 477 g/mol. The molecule has 0 aliphatic carbocycles. The lowest BCUT2D eigenvalue weighted by atomic mass is 10.2. The molecule has 0 aliphatic heterocycles. The minimum Gasteiger partial charge on any atom is -0.486 e. The van der Waals surface area contributed by atoms with Crippen molar-refractivity contribution in [2.24, 2.45) is 0 Å². The van der Waals surface area contributed by atoms with E-state index in [1.165, 1.54) is 0 Å². The number of hydrogen-bond donors (Lipinski definition) is 1. The molecule has 0 bridgehead atoms. The molecule has 0 unspecified atom stereocenters. The molecule has 0 aliphatic rings. The van der Waals surface area contributed by atoms with E-state index in [0.29, 0.717) is 38.8 Å². The fourth-order valence-electron chi connectivity index (χ4n) is 2.82. The largest absolute Gasteiger partial charge is 0.486 e. The topological polar surface area (TPSA) is 69.3 Å². The smallest absolute Gasteiger partial charge is 0.291 e. The van der Waals surface area contributed by atoms with Gasteiger partial charge in [-0.25, -0.2) is 0 Å². The number of hydrogen-bond acceptors (Lipinski definition) is 4. The van der Waals surface area contributed by atoms with Gasteiger partial charge >= 0.3 is 0 Å². The number of furan rings is 1. The van der Waals surface area contributed by atoms with Crippen LogP contribution in [-0.4, -0.2) is 15.7 Å². The van der Waals surface area contributed by atoms with Gasteiger partial charge in [-0.2, -0.15) is 5.10 Å². The number of anilines is 1. The Labute approximate surface area is 193 Å². The minimum atomic E-state index is -0.386. The Bertz CT molecular complexity index is 1220. The highest BCUT2D eigenvalue weighted by molar-refractivity contribution is 6.42. The van der Waals surface area contributed by atoms with E-state index in [4.69, 9.17) is 44.0 Å². The first kappa shape index (κ1) is 21.3. The predicted octanol–water partition coefficient (Wildman–Crippen LogP) is 6.32. The van der Waals surface area contributed by atoms with E-state index in [2.05, 4.69) is 10.4 Å². The van der Waals surface area contributed by atoms with Gasteiger partial charge in [0.05, 0.1) is 28.5 Å². The molecule has 0 atom stereocenters. The van der Waals surface area contributed by atoms with Gasteiger partial charge in [0, 0.05) is 11.2 Å². The summed E-state index contributed by atoms with van der Waals surface area (Å²) in [6, 6.07) is 15.7. The molecule has 158 valence electrons. The first-order valence-electron chi connectivity index (χ1n) is 9.21. The van der Waals surface area contributed by atoms with Gasteiger partial charge in [0.15, 0.2) is 5.76 Å². The molecule has 4 rings (SSSR count). The van der Waals surface area contributed by atoms with Crippen LogP contribution in [0.2, 0.25) is 15.1 Å². The summed E-state index contributed by atoms with van der Waals surface area (Å²) >= 11 is 17.9. The van der Waals surface area contributed by atoms with Crippen LogP contribution in [0.3, 0.4) is 0 Å². The van der Waals surface area contributed by atoms with Gasteiger partial charge in [0.2, 0.25) is 0 Å². The fourth-order valence-corrected chi connectivity index (χ4v) is 3.32. The van der Waals surface area contributed by atoms with Crippen molar-refractivity contribution in [2.45, 2.75) is 13.2 Å². The molecule has 2 aromatic heterocycles. The van der Waals surface area contributed by atoms with Gasteiger partial charge in [-0.15, -0.1) is 0 Å². The normalized spacial score (nSPS) is 10.8. The summed E-state index contributed by atoms with van der Waals surface area (Å²) in [5.41, 5.74) is 1.48. The molecule has 2 heterocycles. The lowest BCUT2D eigenvalue weighted by Crippen LogP contribution is -2.10. The number of nitrogens with zero attached hydrogens (tertiary/aromatic N) is 2. The molecule has 0 fully saturated rings. The molecule has 1 N–H and O–H groups in total. The zero-order chi connectivity index (χ0) is 21.8. The number of amides is 1. The third-order valence-corrected chi connectivity index (χ3v) is 5.26. The molecular weight excluding hydrogens is 461 g/mol. The maximum Gasteiger partial charge on any atom is 0.291 e. The van der Waals surface area contributed by atoms with Crippen molar-refractivity contribution in [2.75, 3.05) is 5.32 Å². The van der Waals surface area contributed by atoms with Crippen LogP contribution in [0, 0.1) is 0 Å². The summed E-state index contributed by atoms with van der Waals surface area (Å²) in [5, 5.41) is 8.56. The highest BCUT2D eigenvalue weighted by atomic mass is 35.5. The summed E-state index contributed by atoms with van der Waals surface area (Å²) in [5.74, 6) is 0.912. The van der Waals surface area contributed by atoms with Crippen LogP contribution in [-0.2, 0) is 13.2 Å². The van der Waals surface area contributed by atoms with Crippen molar-refractivity contribution < 1.29 is 13.9 Å². The highest BCUT2D eigenvalue weighted by Gasteiger charge is 2.13. The van der Waals surface area contributed by atoms with Gasteiger partial charge in [0.1, 0.15) is 18.1 Å². The Morgan fingerprint density at radius 2 is 1.94 bits per heavy atom. The van der Waals surface area contributed by atoms with Crippen LogP contribution in [0.1, 0.15) is 21.9 Å². The van der Waals surface area contributed by atoms with E-state index in [9.17, 15) is 4.79 Å². The molecule has 6 nitrogen and oxygen atoms in total. The molecule has 4 aromatic rings. The van der Waals surface area contributed by atoms with Crippen molar-refractivity contribution in [3.8, 4) is 5.75 Å². The minimum absolute atomic E-state index is 0.168. The number of aromatic nitrogens is 2. The third-order valence-electron chi connectivity index (χ3n) is 4.28. The molecule has 2 aromatic carbocycles. The Hall–Kier alpha value is -2.93. The van der Waals surface area contributed by atoms with E-state index in [1.54, 1.807) is 65.6 Å². The zero-order valence-electron chi connectivity index (χ0n) is 16.0. The molecule has 31 heavy (non-hydrogen) atoms. The zero-order valence-corrected chi connectivity index (χ0v) is 18.3. The summed E-state index contributed by atoms with van der Waals surface area (Å²) in [6.45, 7) is 0.660. The van der Waals surface area contributed by atoms with Crippen LogP contribution in [0.15, 0.2) is 71.4 Å². The Balaban J connectivity index is 1.34. The maximum absolute atomic E-state index is 12.5. The maximum atomic E-state index is 12.5. The van der Waals surface area contributed by atoms with Crippen molar-refractivity contribution in [1.82, 2.24) is 9.78 Å². The lowest BCUT2D eigenvalue weighted by Gasteiger charge is -2.04. The molecule has 0 saturated heterocycles. The van der Waals surface area contributed by atoms with Crippen LogP contribution in [0.5, 0.6) is 5.75 Å². The van der Waals surface area contributed by atoms with Gasteiger partial charge < -0.3 is 14.5 Å². The monoisotopic (exact) mass is 475 g/mol. The van der Waals surface area contributed by atoms with Gasteiger partial charge in [-0.05, 0) is 48.0 Å². The molecule has 0 spiro atoms. The summed E-state index contributed by atoms with van der Waals surface area (Å²) < 4.78 is 12.9. The van der Waals surface area contributed by atoms with Crippen molar-refractivity contribution >= 4 is 46.4 Å². The van der Waals surface area contributed by atoms with E-state index in [1.807, 2.05) is 6.07 Å². The molecule has 0 saturated carbocycles. The number of carbonyl (C=O) groups excluding carboxylic acids is 1. The second-order valence-electron chi connectivity index (χ2n) is 6.64. The Morgan fingerprint density at radius 3 is 2.74 bits per heavy atom. The number of halogens is 3. The molecule has 0 radical (unpaired) electrons. The molecule has 9 heteroatoms. The van der Waals surface area contributed by atoms with Gasteiger partial charge in [-0.1, -0.05) is 46.9 Å².